The maximum absolute atomic E-state index is 11.7. The van der Waals surface area contributed by atoms with Crippen LogP contribution in [0.1, 0.15) is 40.5 Å². The van der Waals surface area contributed by atoms with Gasteiger partial charge in [0.15, 0.2) is 5.60 Å². The van der Waals surface area contributed by atoms with E-state index in [-0.39, 0.29) is 12.0 Å². The molecule has 4 atom stereocenters. The van der Waals surface area contributed by atoms with E-state index in [0.717, 1.165) is 18.1 Å². The Morgan fingerprint density at radius 2 is 2.06 bits per heavy atom. The number of ether oxygens (including phenoxy) is 1. The van der Waals surface area contributed by atoms with Gasteiger partial charge in [0, 0.05) is 5.92 Å². The van der Waals surface area contributed by atoms with Crippen molar-refractivity contribution < 1.29 is 9.53 Å². The first-order chi connectivity index (χ1) is 7.35. The van der Waals surface area contributed by atoms with Crippen LogP contribution in [0.4, 0.5) is 0 Å². The van der Waals surface area contributed by atoms with E-state index < -0.39 is 5.60 Å². The summed E-state index contributed by atoms with van der Waals surface area (Å²) in [6.07, 6.45) is 2.20. The molecule has 0 amide bonds. The third kappa shape index (κ3) is 0.994. The van der Waals surface area contributed by atoms with Crippen LogP contribution >= 0.6 is 0 Å². The van der Waals surface area contributed by atoms with Gasteiger partial charge in [-0.05, 0) is 38.0 Å². The van der Waals surface area contributed by atoms with Crippen LogP contribution in [-0.2, 0) is 9.53 Å². The van der Waals surface area contributed by atoms with Gasteiger partial charge in [0.1, 0.15) is 6.04 Å². The topological polar surface area (TPSA) is 38.7 Å². The van der Waals surface area contributed by atoms with Crippen molar-refractivity contribution in [2.24, 2.45) is 22.2 Å². The summed E-state index contributed by atoms with van der Waals surface area (Å²) in [6.45, 7) is 8.46. The molecule has 3 aliphatic carbocycles. The highest BCUT2D eigenvalue weighted by molar-refractivity contribution is 6.00. The Morgan fingerprint density at radius 3 is 2.69 bits per heavy atom. The Balaban J connectivity index is 2.04. The standard InChI is InChI=1S/C13H19NO2/c1-7-11(15)16-13(4)9-5-8(12(9,2)3)6-10(13)14-7/h7-9H,5-6H2,1-4H3/t7-,8-,9-,13-/m1/s1. The first-order valence-corrected chi connectivity index (χ1v) is 6.15. The molecular formula is C13H19NO2. The predicted octanol–water partition coefficient (Wildman–Crippen LogP) is 2.20. The summed E-state index contributed by atoms with van der Waals surface area (Å²) in [4.78, 5) is 16.2. The highest BCUT2D eigenvalue weighted by Gasteiger charge is 2.65. The lowest BCUT2D eigenvalue weighted by atomic mass is 9.43. The van der Waals surface area contributed by atoms with Crippen LogP contribution in [0.25, 0.3) is 0 Å². The lowest BCUT2D eigenvalue weighted by molar-refractivity contribution is -0.187. The maximum atomic E-state index is 11.7. The Bertz CT molecular complexity index is 399. The number of carbonyl (C=O) groups excluding carboxylic acids is 1. The summed E-state index contributed by atoms with van der Waals surface area (Å²) < 4.78 is 5.71. The molecule has 3 saturated carbocycles. The Hall–Kier alpha value is -0.860. The van der Waals surface area contributed by atoms with E-state index in [4.69, 9.17) is 4.74 Å². The second kappa shape index (κ2) is 2.69. The molecular weight excluding hydrogens is 202 g/mol. The summed E-state index contributed by atoms with van der Waals surface area (Å²) in [6, 6.07) is -0.302. The van der Waals surface area contributed by atoms with Crippen LogP contribution in [0.15, 0.2) is 4.99 Å². The third-order valence-electron chi connectivity index (χ3n) is 5.15. The molecule has 4 aliphatic rings. The van der Waals surface area contributed by atoms with Gasteiger partial charge >= 0.3 is 5.97 Å². The van der Waals surface area contributed by atoms with Crippen molar-refractivity contribution in [1.29, 1.82) is 0 Å². The van der Waals surface area contributed by atoms with Crippen molar-refractivity contribution in [2.45, 2.75) is 52.2 Å². The Kier molecular flexibility index (Phi) is 1.73. The van der Waals surface area contributed by atoms with Gasteiger partial charge in [-0.25, -0.2) is 4.79 Å². The summed E-state index contributed by atoms with van der Waals surface area (Å²) in [5, 5.41) is 0. The zero-order chi connectivity index (χ0) is 11.7. The number of hydrogen-bond acceptors (Lipinski definition) is 3. The number of hydrogen-bond donors (Lipinski definition) is 0. The van der Waals surface area contributed by atoms with Crippen molar-refractivity contribution in [3.05, 3.63) is 0 Å². The lowest BCUT2D eigenvalue weighted by Crippen LogP contribution is -2.68. The predicted molar refractivity (Wildman–Crippen MR) is 61.4 cm³/mol. The molecule has 16 heavy (non-hydrogen) atoms. The van der Waals surface area contributed by atoms with E-state index >= 15 is 0 Å². The molecule has 3 nitrogen and oxygen atoms in total. The van der Waals surface area contributed by atoms with Gasteiger partial charge in [0.25, 0.3) is 0 Å². The van der Waals surface area contributed by atoms with Crippen molar-refractivity contribution in [2.75, 3.05) is 0 Å². The quantitative estimate of drug-likeness (QED) is 0.588. The first-order valence-electron chi connectivity index (χ1n) is 6.15. The van der Waals surface area contributed by atoms with E-state index in [1.54, 1.807) is 0 Å². The van der Waals surface area contributed by atoms with Crippen LogP contribution in [0.5, 0.6) is 0 Å². The second-order valence-electron chi connectivity index (χ2n) is 6.29. The van der Waals surface area contributed by atoms with Crippen molar-refractivity contribution in [3.8, 4) is 0 Å². The smallest absolute Gasteiger partial charge is 0.331 e. The zero-order valence-corrected chi connectivity index (χ0v) is 10.4. The van der Waals surface area contributed by atoms with Gasteiger partial charge in [0.2, 0.25) is 0 Å². The summed E-state index contributed by atoms with van der Waals surface area (Å²) in [5.74, 6) is 1.02. The molecule has 0 radical (unpaired) electrons. The highest BCUT2D eigenvalue weighted by atomic mass is 16.6. The lowest BCUT2D eigenvalue weighted by Gasteiger charge is -2.64. The molecule has 2 bridgehead atoms. The maximum Gasteiger partial charge on any atom is 0.331 e. The fourth-order valence-corrected chi connectivity index (χ4v) is 3.83. The molecule has 0 aromatic carbocycles. The Morgan fingerprint density at radius 1 is 1.38 bits per heavy atom. The average molecular weight is 221 g/mol. The molecule has 1 aliphatic heterocycles. The van der Waals surface area contributed by atoms with Crippen LogP contribution in [0.2, 0.25) is 0 Å². The first kappa shape index (κ1) is 10.3. The number of nitrogens with zero attached hydrogens (tertiary/aromatic N) is 1. The van der Waals surface area contributed by atoms with E-state index in [2.05, 4.69) is 25.8 Å². The van der Waals surface area contributed by atoms with Gasteiger partial charge in [0.05, 0.1) is 5.71 Å². The van der Waals surface area contributed by atoms with E-state index in [1.165, 1.54) is 6.42 Å². The molecule has 3 heteroatoms. The zero-order valence-electron chi connectivity index (χ0n) is 10.4. The van der Waals surface area contributed by atoms with E-state index in [0.29, 0.717) is 11.3 Å². The average Bonchev–Trinajstić information content (AvgIpc) is 2.18. The minimum absolute atomic E-state index is 0.160. The van der Waals surface area contributed by atoms with Gasteiger partial charge in [-0.2, -0.15) is 0 Å². The van der Waals surface area contributed by atoms with Crippen molar-refractivity contribution in [3.63, 3.8) is 0 Å². The summed E-state index contributed by atoms with van der Waals surface area (Å²) in [7, 11) is 0. The van der Waals surface area contributed by atoms with Gasteiger partial charge in [-0.15, -0.1) is 0 Å². The molecule has 0 spiro atoms. The van der Waals surface area contributed by atoms with E-state index in [9.17, 15) is 4.79 Å². The molecule has 1 heterocycles. The number of carbonyl (C=O) groups is 1. The molecule has 0 unspecified atom stereocenters. The second-order valence-corrected chi connectivity index (χ2v) is 6.29. The Labute approximate surface area is 96.3 Å². The minimum atomic E-state index is -0.415. The molecule has 88 valence electrons. The fraction of sp³-hybridized carbons (Fsp3) is 0.846. The SMILES string of the molecule is C[C@H]1N=C2C[C@H]3C[C@H](C3(C)C)[C@@]2(C)OC1=O. The normalized spacial score (nSPS) is 48.6. The largest absolute Gasteiger partial charge is 0.451 e. The third-order valence-corrected chi connectivity index (χ3v) is 5.15. The van der Waals surface area contributed by atoms with Crippen LogP contribution in [0, 0.1) is 17.3 Å². The fourth-order valence-electron chi connectivity index (χ4n) is 3.83. The molecule has 4 rings (SSSR count). The number of rotatable bonds is 0. The minimum Gasteiger partial charge on any atom is -0.451 e. The van der Waals surface area contributed by atoms with Crippen molar-refractivity contribution in [1.82, 2.24) is 0 Å². The highest BCUT2D eigenvalue weighted by Crippen LogP contribution is 2.63. The van der Waals surface area contributed by atoms with Gasteiger partial charge in [-0.3, -0.25) is 4.99 Å². The van der Waals surface area contributed by atoms with Crippen LogP contribution in [-0.4, -0.2) is 23.3 Å². The summed E-state index contributed by atoms with van der Waals surface area (Å²) in [5.41, 5.74) is 1.01. The molecule has 0 N–H and O–H groups in total. The molecule has 0 aromatic heterocycles. The number of esters is 1. The summed E-state index contributed by atoms with van der Waals surface area (Å²) >= 11 is 0. The van der Waals surface area contributed by atoms with E-state index in [1.807, 2.05) is 6.92 Å². The molecule has 0 saturated heterocycles. The molecule has 0 aromatic rings. The van der Waals surface area contributed by atoms with Crippen molar-refractivity contribution >= 4 is 11.7 Å². The number of aliphatic imine (C=N–C) groups is 1. The molecule has 3 fully saturated rings. The van der Waals surface area contributed by atoms with Crippen LogP contribution < -0.4 is 0 Å². The van der Waals surface area contributed by atoms with Gasteiger partial charge in [-0.1, -0.05) is 13.8 Å². The van der Waals surface area contributed by atoms with Crippen LogP contribution in [0.3, 0.4) is 0 Å². The van der Waals surface area contributed by atoms with Gasteiger partial charge < -0.3 is 4.74 Å². The monoisotopic (exact) mass is 221 g/mol.